The summed E-state index contributed by atoms with van der Waals surface area (Å²) >= 11 is 0. The van der Waals surface area contributed by atoms with Crippen LogP contribution in [0.15, 0.2) is 224 Å². The van der Waals surface area contributed by atoms with Gasteiger partial charge in [-0.3, -0.25) is 0 Å². The van der Waals surface area contributed by atoms with Crippen molar-refractivity contribution in [3.8, 4) is 79.0 Å². The average molecular weight is 816 g/mol. The fraction of sp³-hybridized carbons (Fsp3) is 0.0167. The van der Waals surface area contributed by atoms with E-state index in [4.69, 9.17) is 19.7 Å². The molecule has 64 heavy (non-hydrogen) atoms. The second-order valence-corrected chi connectivity index (χ2v) is 16.7. The number of rotatable bonds is 5. The topological polar surface area (TPSA) is 47.9 Å². The summed E-state index contributed by atoms with van der Waals surface area (Å²) in [6.45, 7) is 0. The summed E-state index contributed by atoms with van der Waals surface area (Å²) in [5.74, 6) is 3.68. The molecule has 4 heteroatoms. The van der Waals surface area contributed by atoms with Crippen LogP contribution in [-0.2, 0) is 5.41 Å². The highest BCUT2D eigenvalue weighted by atomic mass is 16.5. The predicted octanol–water partition coefficient (Wildman–Crippen LogP) is 15.0. The Bertz CT molecular complexity index is 3580. The Hall–Kier alpha value is -8.47. The second-order valence-electron chi connectivity index (χ2n) is 16.7. The van der Waals surface area contributed by atoms with Crippen LogP contribution in [0.5, 0.6) is 11.5 Å². The molecule has 0 N–H and O–H groups in total. The smallest absolute Gasteiger partial charge is 0.164 e. The number of fused-ring (bicyclic) bond motifs is 12. The summed E-state index contributed by atoms with van der Waals surface area (Å²) in [6, 6.07) is 80.0. The molecule has 2 heterocycles. The monoisotopic (exact) mass is 815 g/mol. The zero-order valence-electron chi connectivity index (χ0n) is 34.6. The third kappa shape index (κ3) is 5.52. The zero-order chi connectivity index (χ0) is 42.2. The van der Waals surface area contributed by atoms with E-state index >= 15 is 0 Å². The first-order valence-electron chi connectivity index (χ1n) is 21.8. The third-order valence-corrected chi connectivity index (χ3v) is 13.2. The first kappa shape index (κ1) is 36.2. The Labute approximate surface area is 370 Å². The number of ether oxygens (including phenoxy) is 1. The SMILES string of the molecule is c1ccc(-c2nc(-c3ccccc3)nc(-c3ccc4cc(-c5ccc6c(c5)C5(c7ccccc7O6)c6ccccc6-c6cc(-c7ccccc7)c7ccccc7c65)ccc4c3)n2)cc1. The van der Waals surface area contributed by atoms with E-state index in [2.05, 4.69) is 164 Å². The standard InChI is InChI=1S/C60H37N3O/c1-4-16-38(17-5-1)49-37-50-47-23-12-13-25-51(47)60(56(50)48-24-11-10-22-46(48)49)52-26-14-15-27-54(52)64-55-33-32-44(36-53(55)60)42-28-29-43-35-45(31-30-41(43)34-42)59-62-57(39-18-6-2-7-19-39)61-58(63-59)40-20-8-3-9-21-40/h1-37H. The van der Waals surface area contributed by atoms with Gasteiger partial charge in [-0.1, -0.05) is 188 Å². The minimum absolute atomic E-state index is 0.631. The van der Waals surface area contributed by atoms with Crippen LogP contribution in [0.2, 0.25) is 0 Å². The van der Waals surface area contributed by atoms with Crippen LogP contribution in [0.3, 0.4) is 0 Å². The molecule has 13 rings (SSSR count). The maximum atomic E-state index is 6.87. The lowest BCUT2D eigenvalue weighted by molar-refractivity contribution is 0.437. The molecular formula is C60H37N3O. The summed E-state index contributed by atoms with van der Waals surface area (Å²) in [5, 5.41) is 4.72. The van der Waals surface area contributed by atoms with Crippen LogP contribution < -0.4 is 4.74 Å². The van der Waals surface area contributed by atoms with E-state index in [-0.39, 0.29) is 0 Å². The van der Waals surface area contributed by atoms with Gasteiger partial charge in [-0.25, -0.2) is 15.0 Å². The largest absolute Gasteiger partial charge is 0.457 e. The van der Waals surface area contributed by atoms with Crippen molar-refractivity contribution in [1.82, 2.24) is 15.0 Å². The van der Waals surface area contributed by atoms with Crippen molar-refractivity contribution in [3.05, 3.63) is 247 Å². The molecular weight excluding hydrogens is 779 g/mol. The molecule has 1 aliphatic heterocycles. The molecule has 11 aromatic rings. The summed E-state index contributed by atoms with van der Waals surface area (Å²) < 4.78 is 6.87. The van der Waals surface area contributed by atoms with Crippen molar-refractivity contribution < 1.29 is 4.74 Å². The molecule has 0 amide bonds. The van der Waals surface area contributed by atoms with Gasteiger partial charge < -0.3 is 4.74 Å². The van der Waals surface area contributed by atoms with Crippen molar-refractivity contribution >= 4 is 21.5 Å². The van der Waals surface area contributed by atoms with Gasteiger partial charge in [-0.2, -0.15) is 0 Å². The molecule has 0 radical (unpaired) electrons. The average Bonchev–Trinajstić information content (AvgIpc) is 3.67. The molecule has 2 aliphatic rings. The Kier molecular flexibility index (Phi) is 8.09. The Morgan fingerprint density at radius 3 is 1.50 bits per heavy atom. The number of nitrogens with zero attached hydrogens (tertiary/aromatic N) is 3. The minimum Gasteiger partial charge on any atom is -0.457 e. The fourth-order valence-corrected chi connectivity index (χ4v) is 10.3. The molecule has 4 nitrogen and oxygen atoms in total. The van der Waals surface area contributed by atoms with E-state index in [1.54, 1.807) is 0 Å². The highest BCUT2D eigenvalue weighted by Crippen LogP contribution is 2.64. The molecule has 1 aliphatic carbocycles. The number of aromatic nitrogens is 3. The number of benzene rings is 10. The molecule has 1 aromatic heterocycles. The highest BCUT2D eigenvalue weighted by Gasteiger charge is 2.52. The summed E-state index contributed by atoms with van der Waals surface area (Å²) in [7, 11) is 0. The molecule has 1 spiro atoms. The van der Waals surface area contributed by atoms with Gasteiger partial charge in [0, 0.05) is 27.8 Å². The van der Waals surface area contributed by atoms with Gasteiger partial charge in [0.1, 0.15) is 11.5 Å². The lowest BCUT2D eigenvalue weighted by atomic mass is 9.64. The minimum atomic E-state index is -0.631. The van der Waals surface area contributed by atoms with Crippen LogP contribution in [-0.4, -0.2) is 15.0 Å². The van der Waals surface area contributed by atoms with Gasteiger partial charge in [0.05, 0.1) is 5.41 Å². The van der Waals surface area contributed by atoms with Crippen molar-refractivity contribution in [3.63, 3.8) is 0 Å². The molecule has 1 atom stereocenters. The fourth-order valence-electron chi connectivity index (χ4n) is 10.3. The van der Waals surface area contributed by atoms with Gasteiger partial charge in [0.25, 0.3) is 0 Å². The van der Waals surface area contributed by atoms with Crippen molar-refractivity contribution in [1.29, 1.82) is 0 Å². The maximum Gasteiger partial charge on any atom is 0.164 e. The zero-order valence-corrected chi connectivity index (χ0v) is 34.6. The van der Waals surface area contributed by atoms with E-state index in [0.717, 1.165) is 61.2 Å². The lowest BCUT2D eigenvalue weighted by Crippen LogP contribution is -2.32. The van der Waals surface area contributed by atoms with Crippen LogP contribution in [0.25, 0.3) is 89.1 Å². The second kappa shape index (κ2) is 14.3. The first-order chi connectivity index (χ1) is 31.7. The van der Waals surface area contributed by atoms with Crippen LogP contribution in [0.4, 0.5) is 0 Å². The number of hydrogen-bond donors (Lipinski definition) is 0. The van der Waals surface area contributed by atoms with E-state index in [0.29, 0.717) is 17.5 Å². The molecule has 0 bridgehead atoms. The lowest BCUT2D eigenvalue weighted by Gasteiger charge is -2.40. The van der Waals surface area contributed by atoms with Crippen LogP contribution in [0, 0.1) is 0 Å². The van der Waals surface area contributed by atoms with Crippen molar-refractivity contribution in [2.24, 2.45) is 0 Å². The molecule has 10 aromatic carbocycles. The summed E-state index contributed by atoms with van der Waals surface area (Å²) in [4.78, 5) is 14.9. The molecule has 298 valence electrons. The molecule has 0 saturated heterocycles. The van der Waals surface area contributed by atoms with E-state index < -0.39 is 5.41 Å². The van der Waals surface area contributed by atoms with Crippen molar-refractivity contribution in [2.75, 3.05) is 0 Å². The van der Waals surface area contributed by atoms with Crippen LogP contribution >= 0.6 is 0 Å². The first-order valence-corrected chi connectivity index (χ1v) is 21.8. The maximum absolute atomic E-state index is 6.87. The molecule has 1 unspecified atom stereocenters. The number of para-hydroxylation sites is 1. The van der Waals surface area contributed by atoms with Gasteiger partial charge >= 0.3 is 0 Å². The van der Waals surface area contributed by atoms with Gasteiger partial charge in [-0.05, 0) is 102 Å². The quantitative estimate of drug-likeness (QED) is 0.174. The molecule has 0 saturated carbocycles. The van der Waals surface area contributed by atoms with Gasteiger partial charge in [-0.15, -0.1) is 0 Å². The van der Waals surface area contributed by atoms with E-state index in [9.17, 15) is 0 Å². The number of hydrogen-bond acceptors (Lipinski definition) is 4. The normalized spacial score (nSPS) is 14.4. The van der Waals surface area contributed by atoms with Gasteiger partial charge in [0.15, 0.2) is 17.5 Å². The predicted molar refractivity (Wildman–Crippen MR) is 259 cm³/mol. The molecule has 0 fully saturated rings. The van der Waals surface area contributed by atoms with Gasteiger partial charge in [0.2, 0.25) is 0 Å². The van der Waals surface area contributed by atoms with E-state index in [1.807, 2.05) is 60.7 Å². The van der Waals surface area contributed by atoms with Crippen LogP contribution in [0.1, 0.15) is 22.3 Å². The Morgan fingerprint density at radius 2 is 0.797 bits per heavy atom. The van der Waals surface area contributed by atoms with E-state index in [1.165, 1.54) is 44.2 Å². The highest BCUT2D eigenvalue weighted by molar-refractivity contribution is 6.08. The Balaban J connectivity index is 0.974. The Morgan fingerprint density at radius 1 is 0.297 bits per heavy atom. The third-order valence-electron chi connectivity index (χ3n) is 13.2. The summed E-state index contributed by atoms with van der Waals surface area (Å²) in [6.07, 6.45) is 0. The van der Waals surface area contributed by atoms with Crippen molar-refractivity contribution in [2.45, 2.75) is 5.41 Å². The summed E-state index contributed by atoms with van der Waals surface area (Å²) in [5.41, 5.74) is 14.3.